The third kappa shape index (κ3) is 1.20. The lowest BCUT2D eigenvalue weighted by Crippen LogP contribution is -2.09. The van der Waals surface area contributed by atoms with Crippen LogP contribution in [-0.2, 0) is 5.92 Å². The summed E-state index contributed by atoms with van der Waals surface area (Å²) in [6.45, 7) is 0. The van der Waals surface area contributed by atoms with E-state index in [9.17, 15) is 8.78 Å². The Bertz CT molecular complexity index is 323. The van der Waals surface area contributed by atoms with Crippen molar-refractivity contribution in [2.45, 2.75) is 5.92 Å². The maximum Gasteiger partial charge on any atom is 0.310 e. The Labute approximate surface area is 74.5 Å². The number of aliphatic imine (C=N–C) groups is 1. The zero-order valence-corrected chi connectivity index (χ0v) is 6.81. The molecular weight excluding hydrogens is 184 g/mol. The van der Waals surface area contributed by atoms with Crippen molar-refractivity contribution in [2.24, 2.45) is 4.99 Å². The van der Waals surface area contributed by atoms with Crippen LogP contribution in [0.25, 0.3) is 0 Å². The van der Waals surface area contributed by atoms with Crippen molar-refractivity contribution in [2.75, 3.05) is 0 Å². The average molecular weight is 190 g/mol. The molecule has 0 fully saturated rings. The van der Waals surface area contributed by atoms with E-state index in [1.54, 1.807) is 18.2 Å². The van der Waals surface area contributed by atoms with E-state index in [-0.39, 0.29) is 18.0 Å². The standard InChI is InChI=1S/C8H5F2N.ClH/c9-8(10)5-11-7-4-2-1-3-6(7)8;/h1-5H;1H. The van der Waals surface area contributed by atoms with Gasteiger partial charge in [-0.25, -0.2) is 0 Å². The molecule has 0 N–H and O–H groups in total. The smallest absolute Gasteiger partial charge is 0.254 e. The highest BCUT2D eigenvalue weighted by atomic mass is 35.5. The second-order valence-corrected chi connectivity index (χ2v) is 2.40. The lowest BCUT2D eigenvalue weighted by molar-refractivity contribution is 0.0862. The van der Waals surface area contributed by atoms with Gasteiger partial charge in [0, 0.05) is 0 Å². The Morgan fingerprint density at radius 1 is 1.17 bits per heavy atom. The van der Waals surface area contributed by atoms with E-state index >= 15 is 0 Å². The summed E-state index contributed by atoms with van der Waals surface area (Å²) < 4.78 is 25.6. The number of hydrogen-bond donors (Lipinski definition) is 0. The van der Waals surface area contributed by atoms with Gasteiger partial charge in [-0.05, 0) is 6.07 Å². The first-order chi connectivity index (χ1) is 5.20. The molecule has 0 aliphatic carbocycles. The zero-order chi connectivity index (χ0) is 7.90. The topological polar surface area (TPSA) is 12.4 Å². The molecule has 1 aliphatic heterocycles. The minimum atomic E-state index is -2.86. The number of halogens is 3. The molecule has 0 aromatic heterocycles. The highest BCUT2D eigenvalue weighted by molar-refractivity contribution is 5.85. The van der Waals surface area contributed by atoms with Crippen LogP contribution in [0.5, 0.6) is 0 Å². The summed E-state index contributed by atoms with van der Waals surface area (Å²) >= 11 is 0. The first-order valence-electron chi connectivity index (χ1n) is 3.23. The fourth-order valence-electron chi connectivity index (χ4n) is 1.09. The molecule has 1 aromatic carbocycles. The van der Waals surface area contributed by atoms with Gasteiger partial charge < -0.3 is 0 Å². The first-order valence-corrected chi connectivity index (χ1v) is 3.23. The molecule has 1 aliphatic rings. The number of alkyl halides is 2. The van der Waals surface area contributed by atoms with E-state index in [1.807, 2.05) is 0 Å². The first kappa shape index (κ1) is 9.13. The number of hydrogen-bond acceptors (Lipinski definition) is 1. The largest absolute Gasteiger partial charge is 0.310 e. The van der Waals surface area contributed by atoms with Crippen LogP contribution in [0.2, 0.25) is 0 Å². The van der Waals surface area contributed by atoms with Crippen molar-refractivity contribution < 1.29 is 8.78 Å². The molecule has 0 unspecified atom stereocenters. The fourth-order valence-corrected chi connectivity index (χ4v) is 1.09. The maximum atomic E-state index is 12.8. The Morgan fingerprint density at radius 3 is 2.50 bits per heavy atom. The van der Waals surface area contributed by atoms with Gasteiger partial charge >= 0.3 is 5.92 Å². The fraction of sp³-hybridized carbons (Fsp3) is 0.125. The Balaban J connectivity index is 0.000000720. The quantitative estimate of drug-likeness (QED) is 0.595. The molecule has 64 valence electrons. The normalized spacial score (nSPS) is 16.8. The molecule has 0 atom stereocenters. The van der Waals surface area contributed by atoms with Crippen LogP contribution in [0.15, 0.2) is 29.3 Å². The molecule has 1 aromatic rings. The van der Waals surface area contributed by atoms with E-state index in [4.69, 9.17) is 0 Å². The van der Waals surface area contributed by atoms with Crippen LogP contribution in [0.1, 0.15) is 5.56 Å². The molecule has 1 heterocycles. The van der Waals surface area contributed by atoms with E-state index in [0.29, 0.717) is 11.9 Å². The zero-order valence-electron chi connectivity index (χ0n) is 6.00. The molecule has 0 saturated carbocycles. The predicted octanol–water partition coefficient (Wildman–Crippen LogP) is 2.92. The molecule has 0 amide bonds. The van der Waals surface area contributed by atoms with Crippen LogP contribution < -0.4 is 0 Å². The van der Waals surface area contributed by atoms with Gasteiger partial charge in [-0.3, -0.25) is 4.99 Å². The Hall–Kier alpha value is -0.960. The van der Waals surface area contributed by atoms with Crippen LogP contribution in [0.3, 0.4) is 0 Å². The van der Waals surface area contributed by atoms with E-state index in [2.05, 4.69) is 4.99 Å². The van der Waals surface area contributed by atoms with Crippen molar-refractivity contribution >= 4 is 24.3 Å². The van der Waals surface area contributed by atoms with Gasteiger partial charge in [0.2, 0.25) is 0 Å². The van der Waals surface area contributed by atoms with Crippen molar-refractivity contribution in [1.29, 1.82) is 0 Å². The number of para-hydroxylation sites is 1. The van der Waals surface area contributed by atoms with Gasteiger partial charge in [-0.1, -0.05) is 18.2 Å². The molecule has 0 spiro atoms. The number of rotatable bonds is 0. The Kier molecular flexibility index (Phi) is 2.15. The summed E-state index contributed by atoms with van der Waals surface area (Å²) in [7, 11) is 0. The number of nitrogens with zero attached hydrogens (tertiary/aromatic N) is 1. The van der Waals surface area contributed by atoms with Crippen molar-refractivity contribution in [1.82, 2.24) is 0 Å². The third-order valence-corrected chi connectivity index (χ3v) is 1.63. The summed E-state index contributed by atoms with van der Waals surface area (Å²) in [6, 6.07) is 6.24. The highest BCUT2D eigenvalue weighted by Crippen LogP contribution is 2.38. The van der Waals surface area contributed by atoms with Gasteiger partial charge in [0.25, 0.3) is 0 Å². The molecule has 0 bridgehead atoms. The lowest BCUT2D eigenvalue weighted by Gasteiger charge is -2.05. The molecule has 0 saturated heterocycles. The second-order valence-electron chi connectivity index (χ2n) is 2.40. The van der Waals surface area contributed by atoms with Crippen LogP contribution in [0, 0.1) is 0 Å². The molecule has 12 heavy (non-hydrogen) atoms. The predicted molar refractivity (Wildman–Crippen MR) is 45.7 cm³/mol. The third-order valence-electron chi connectivity index (χ3n) is 1.63. The van der Waals surface area contributed by atoms with Crippen molar-refractivity contribution in [3.8, 4) is 0 Å². The van der Waals surface area contributed by atoms with Crippen LogP contribution in [0.4, 0.5) is 14.5 Å². The number of benzene rings is 1. The molecule has 0 radical (unpaired) electrons. The Morgan fingerprint density at radius 2 is 1.83 bits per heavy atom. The average Bonchev–Trinajstić information content (AvgIpc) is 2.29. The summed E-state index contributed by atoms with van der Waals surface area (Å²) in [5.41, 5.74) is 0.373. The van der Waals surface area contributed by atoms with Gasteiger partial charge in [-0.2, -0.15) is 8.78 Å². The van der Waals surface area contributed by atoms with E-state index in [1.165, 1.54) is 6.07 Å². The molecule has 1 nitrogen and oxygen atoms in total. The van der Waals surface area contributed by atoms with Gasteiger partial charge in [0.05, 0.1) is 17.5 Å². The van der Waals surface area contributed by atoms with Crippen LogP contribution >= 0.6 is 12.4 Å². The summed E-state index contributed by atoms with van der Waals surface area (Å²) in [5.74, 6) is -2.86. The van der Waals surface area contributed by atoms with Gasteiger partial charge in [0.1, 0.15) is 0 Å². The van der Waals surface area contributed by atoms with Crippen molar-refractivity contribution in [3.63, 3.8) is 0 Å². The summed E-state index contributed by atoms with van der Waals surface area (Å²) in [4.78, 5) is 3.58. The van der Waals surface area contributed by atoms with Gasteiger partial charge in [0.15, 0.2) is 0 Å². The minimum absolute atomic E-state index is 0. The van der Waals surface area contributed by atoms with Gasteiger partial charge in [-0.15, -0.1) is 12.4 Å². The highest BCUT2D eigenvalue weighted by Gasteiger charge is 2.35. The minimum Gasteiger partial charge on any atom is -0.254 e. The molecule has 2 rings (SSSR count). The van der Waals surface area contributed by atoms with E-state index < -0.39 is 5.92 Å². The summed E-state index contributed by atoms with van der Waals surface area (Å²) in [6.07, 6.45) is 0.678. The second kappa shape index (κ2) is 2.83. The SMILES string of the molecule is Cl.FC1(F)C=Nc2ccccc21. The van der Waals surface area contributed by atoms with Crippen LogP contribution in [-0.4, -0.2) is 6.21 Å². The lowest BCUT2D eigenvalue weighted by atomic mass is 10.1. The molecule has 4 heteroatoms. The van der Waals surface area contributed by atoms with Crippen molar-refractivity contribution in [3.05, 3.63) is 29.8 Å². The monoisotopic (exact) mass is 189 g/mol. The van der Waals surface area contributed by atoms with E-state index in [0.717, 1.165) is 0 Å². The molecular formula is C8H6ClF2N. The number of fused-ring (bicyclic) bond motifs is 1. The summed E-state index contributed by atoms with van der Waals surface area (Å²) in [5, 5.41) is 0. The maximum absolute atomic E-state index is 12.8.